The van der Waals surface area contributed by atoms with Crippen molar-refractivity contribution < 1.29 is 4.74 Å². The van der Waals surface area contributed by atoms with Crippen LogP contribution in [0, 0.1) is 0 Å². The molecule has 0 radical (unpaired) electrons. The molecule has 112 valence electrons. The van der Waals surface area contributed by atoms with Gasteiger partial charge in [0.1, 0.15) is 0 Å². The maximum atomic E-state index is 6.33. The second-order valence-electron chi connectivity index (χ2n) is 7.43. The Kier molecular flexibility index (Phi) is 4.00. The highest BCUT2D eigenvalue weighted by Crippen LogP contribution is 2.48. The number of rotatable bonds is 2. The lowest BCUT2D eigenvalue weighted by Crippen LogP contribution is -2.64. The molecule has 19 heavy (non-hydrogen) atoms. The smallest absolute Gasteiger partial charge is 0.0830 e. The molecule has 4 nitrogen and oxygen atoms in total. The van der Waals surface area contributed by atoms with Crippen LogP contribution in [0.1, 0.15) is 40.5 Å². The van der Waals surface area contributed by atoms with Gasteiger partial charge >= 0.3 is 0 Å². The van der Waals surface area contributed by atoms with Crippen LogP contribution in [0.5, 0.6) is 0 Å². The van der Waals surface area contributed by atoms with Crippen LogP contribution in [-0.2, 0) is 4.74 Å². The van der Waals surface area contributed by atoms with Gasteiger partial charge in [0.2, 0.25) is 0 Å². The number of nitrogens with two attached hydrogens (primary N) is 1. The Balaban J connectivity index is 2.26. The van der Waals surface area contributed by atoms with E-state index in [9.17, 15) is 0 Å². The lowest BCUT2D eigenvalue weighted by Gasteiger charge is -2.47. The number of hydrogen-bond acceptors (Lipinski definition) is 4. The standard InChI is InChI=1S/C15H31N3O/c1-13(2)11-15(12-16,14(3,4)19-13)18-8-6-7-17(5)9-10-18/h6-12,16H2,1-5H3. The summed E-state index contributed by atoms with van der Waals surface area (Å²) >= 11 is 0. The highest BCUT2D eigenvalue weighted by Gasteiger charge is 2.59. The summed E-state index contributed by atoms with van der Waals surface area (Å²) in [6.45, 7) is 14.0. The average Bonchev–Trinajstić information content (AvgIpc) is 2.43. The lowest BCUT2D eigenvalue weighted by atomic mass is 9.77. The molecule has 0 aromatic heterocycles. The van der Waals surface area contributed by atoms with Gasteiger partial charge in [0.15, 0.2) is 0 Å². The van der Waals surface area contributed by atoms with Crippen molar-refractivity contribution in [3.05, 3.63) is 0 Å². The predicted molar refractivity (Wildman–Crippen MR) is 79.3 cm³/mol. The van der Waals surface area contributed by atoms with E-state index in [0.717, 1.165) is 26.1 Å². The summed E-state index contributed by atoms with van der Waals surface area (Å²) in [6, 6.07) is 0. The van der Waals surface area contributed by atoms with E-state index in [-0.39, 0.29) is 16.7 Å². The van der Waals surface area contributed by atoms with Crippen molar-refractivity contribution in [1.82, 2.24) is 9.80 Å². The Bertz CT molecular complexity index is 329. The summed E-state index contributed by atoms with van der Waals surface area (Å²) in [7, 11) is 2.21. The average molecular weight is 269 g/mol. The van der Waals surface area contributed by atoms with E-state index in [1.807, 2.05) is 0 Å². The van der Waals surface area contributed by atoms with Crippen molar-refractivity contribution in [2.24, 2.45) is 5.73 Å². The van der Waals surface area contributed by atoms with Crippen molar-refractivity contribution >= 4 is 0 Å². The lowest BCUT2D eigenvalue weighted by molar-refractivity contribution is -0.103. The first-order valence-electron chi connectivity index (χ1n) is 7.56. The predicted octanol–water partition coefficient (Wildman–Crippen LogP) is 1.30. The maximum Gasteiger partial charge on any atom is 0.0830 e. The SMILES string of the molecule is CN1CCCN(C2(CN)CC(C)(C)OC2(C)C)CC1. The van der Waals surface area contributed by atoms with E-state index in [4.69, 9.17) is 10.5 Å². The van der Waals surface area contributed by atoms with Crippen molar-refractivity contribution in [3.63, 3.8) is 0 Å². The van der Waals surface area contributed by atoms with Crippen LogP contribution in [0.4, 0.5) is 0 Å². The normalized spacial score (nSPS) is 36.3. The van der Waals surface area contributed by atoms with Gasteiger partial charge in [-0.05, 0) is 54.1 Å². The maximum absolute atomic E-state index is 6.33. The van der Waals surface area contributed by atoms with Gasteiger partial charge in [-0.15, -0.1) is 0 Å². The van der Waals surface area contributed by atoms with Crippen molar-refractivity contribution in [3.8, 4) is 0 Å². The van der Waals surface area contributed by atoms with E-state index in [0.29, 0.717) is 6.54 Å². The Labute approximate surface area is 118 Å². The molecule has 2 heterocycles. The second kappa shape index (κ2) is 4.99. The largest absolute Gasteiger partial charge is 0.368 e. The van der Waals surface area contributed by atoms with Gasteiger partial charge < -0.3 is 15.4 Å². The fourth-order valence-electron chi connectivity index (χ4n) is 4.15. The zero-order valence-corrected chi connectivity index (χ0v) is 13.3. The summed E-state index contributed by atoms with van der Waals surface area (Å²) in [5.41, 5.74) is 5.95. The third kappa shape index (κ3) is 2.68. The summed E-state index contributed by atoms with van der Waals surface area (Å²) in [5.74, 6) is 0. The molecule has 2 aliphatic heterocycles. The Hall–Kier alpha value is -0.160. The zero-order valence-electron chi connectivity index (χ0n) is 13.3. The molecule has 2 rings (SSSR count). The molecule has 2 N–H and O–H groups in total. The number of hydrogen-bond donors (Lipinski definition) is 1. The highest BCUT2D eigenvalue weighted by molar-refractivity contribution is 5.13. The molecule has 0 bridgehead atoms. The second-order valence-corrected chi connectivity index (χ2v) is 7.43. The summed E-state index contributed by atoms with van der Waals surface area (Å²) in [5, 5.41) is 0. The van der Waals surface area contributed by atoms with Crippen molar-refractivity contribution in [2.45, 2.75) is 57.3 Å². The minimum absolute atomic E-state index is 0.0261. The van der Waals surface area contributed by atoms with Crippen LogP contribution in [-0.4, -0.2) is 66.3 Å². The molecule has 2 aliphatic rings. The van der Waals surface area contributed by atoms with Crippen LogP contribution in [0.25, 0.3) is 0 Å². The molecular formula is C15H31N3O. The van der Waals surface area contributed by atoms with Gasteiger partial charge in [-0.25, -0.2) is 0 Å². The summed E-state index contributed by atoms with van der Waals surface area (Å²) in [4.78, 5) is 5.02. The Morgan fingerprint density at radius 1 is 1.05 bits per heavy atom. The van der Waals surface area contributed by atoms with E-state index in [1.165, 1.54) is 13.0 Å². The molecule has 0 saturated carbocycles. The molecule has 2 saturated heterocycles. The summed E-state index contributed by atoms with van der Waals surface area (Å²) < 4.78 is 6.33. The number of likely N-dealkylation sites (N-methyl/N-ethyl adjacent to an activating group) is 1. The molecule has 1 unspecified atom stereocenters. The number of nitrogens with zero attached hydrogens (tertiary/aromatic N) is 2. The molecule has 0 aromatic rings. The van der Waals surface area contributed by atoms with Gasteiger partial charge in [0.25, 0.3) is 0 Å². The van der Waals surface area contributed by atoms with Gasteiger partial charge in [0.05, 0.1) is 16.7 Å². The van der Waals surface area contributed by atoms with Crippen LogP contribution in [0.15, 0.2) is 0 Å². The van der Waals surface area contributed by atoms with E-state index in [2.05, 4.69) is 44.5 Å². The van der Waals surface area contributed by atoms with Gasteiger partial charge in [0, 0.05) is 26.2 Å². The zero-order chi connectivity index (χ0) is 14.3. The van der Waals surface area contributed by atoms with Crippen LogP contribution in [0.3, 0.4) is 0 Å². The quantitative estimate of drug-likeness (QED) is 0.820. The molecule has 0 spiro atoms. The monoisotopic (exact) mass is 269 g/mol. The minimum atomic E-state index is -0.186. The highest BCUT2D eigenvalue weighted by atomic mass is 16.5. The Morgan fingerprint density at radius 3 is 2.26 bits per heavy atom. The molecule has 0 aromatic carbocycles. The van der Waals surface area contributed by atoms with E-state index in [1.54, 1.807) is 0 Å². The van der Waals surface area contributed by atoms with Crippen LogP contribution < -0.4 is 5.73 Å². The topological polar surface area (TPSA) is 41.7 Å². The van der Waals surface area contributed by atoms with Crippen LogP contribution >= 0.6 is 0 Å². The first-order valence-corrected chi connectivity index (χ1v) is 7.56. The van der Waals surface area contributed by atoms with Crippen molar-refractivity contribution in [2.75, 3.05) is 39.8 Å². The molecular weight excluding hydrogens is 238 g/mol. The minimum Gasteiger partial charge on any atom is -0.368 e. The molecule has 0 aliphatic carbocycles. The summed E-state index contributed by atoms with van der Waals surface area (Å²) in [6.07, 6.45) is 2.24. The third-order valence-electron chi connectivity index (χ3n) is 5.03. The fraction of sp³-hybridized carbons (Fsp3) is 1.00. The van der Waals surface area contributed by atoms with E-state index < -0.39 is 0 Å². The van der Waals surface area contributed by atoms with Crippen molar-refractivity contribution in [1.29, 1.82) is 0 Å². The molecule has 4 heteroatoms. The molecule has 2 fully saturated rings. The third-order valence-corrected chi connectivity index (χ3v) is 5.03. The Morgan fingerprint density at radius 2 is 1.74 bits per heavy atom. The van der Waals surface area contributed by atoms with Gasteiger partial charge in [-0.3, -0.25) is 4.90 Å². The first-order chi connectivity index (χ1) is 8.72. The van der Waals surface area contributed by atoms with Crippen LogP contribution in [0.2, 0.25) is 0 Å². The number of ether oxygens (including phenoxy) is 1. The van der Waals surface area contributed by atoms with Gasteiger partial charge in [-0.2, -0.15) is 0 Å². The molecule has 1 atom stereocenters. The van der Waals surface area contributed by atoms with Gasteiger partial charge in [-0.1, -0.05) is 0 Å². The fourth-order valence-corrected chi connectivity index (χ4v) is 4.15. The van der Waals surface area contributed by atoms with E-state index >= 15 is 0 Å². The molecule has 0 amide bonds. The first kappa shape index (κ1) is 15.2.